The van der Waals surface area contributed by atoms with Crippen molar-refractivity contribution in [3.05, 3.63) is 20.8 Å². The minimum absolute atomic E-state index is 0.424. The monoisotopic (exact) mass is 318 g/mol. The van der Waals surface area contributed by atoms with E-state index in [9.17, 15) is 0 Å². The molecule has 0 aliphatic heterocycles. The molecule has 0 fully saturated rings. The molecule has 2 atom stereocenters. The molecule has 0 radical (unpaired) electrons. The fraction of sp³-hybridized carbons (Fsp3) is 0.692. The summed E-state index contributed by atoms with van der Waals surface area (Å²) in [6.07, 6.45) is 0. The van der Waals surface area contributed by atoms with Crippen molar-refractivity contribution in [3.8, 4) is 0 Å². The summed E-state index contributed by atoms with van der Waals surface area (Å²) in [6, 6.07) is 3.20. The summed E-state index contributed by atoms with van der Waals surface area (Å²) in [6.45, 7) is 7.81. The van der Waals surface area contributed by atoms with Crippen molar-refractivity contribution >= 4 is 27.3 Å². The van der Waals surface area contributed by atoms with Gasteiger partial charge in [-0.2, -0.15) is 0 Å². The Kier molecular flexibility index (Phi) is 6.13. The Bertz CT molecular complexity index is 328. The first-order valence-corrected chi connectivity index (χ1v) is 7.72. The van der Waals surface area contributed by atoms with Gasteiger partial charge in [0.05, 0.1) is 0 Å². The lowest BCUT2D eigenvalue weighted by molar-refractivity contribution is 0.220. The van der Waals surface area contributed by atoms with Gasteiger partial charge in [0.2, 0.25) is 0 Å². The van der Waals surface area contributed by atoms with Gasteiger partial charge in [0.15, 0.2) is 0 Å². The zero-order valence-corrected chi connectivity index (χ0v) is 13.7. The van der Waals surface area contributed by atoms with Gasteiger partial charge in [-0.25, -0.2) is 0 Å². The maximum absolute atomic E-state index is 3.62. The molecule has 0 saturated carbocycles. The Hall–Kier alpha value is 0.1000. The molecule has 2 nitrogen and oxygen atoms in total. The molecule has 98 valence electrons. The van der Waals surface area contributed by atoms with Gasteiger partial charge in [-0.05, 0) is 48.9 Å². The van der Waals surface area contributed by atoms with Crippen LogP contribution in [0.2, 0.25) is 0 Å². The first-order chi connectivity index (χ1) is 7.91. The zero-order valence-electron chi connectivity index (χ0n) is 11.3. The minimum atomic E-state index is 0.424. The van der Waals surface area contributed by atoms with Crippen LogP contribution in [0.3, 0.4) is 0 Å². The number of likely N-dealkylation sites (N-methyl/N-ethyl adjacent to an activating group) is 1. The average molecular weight is 319 g/mol. The van der Waals surface area contributed by atoms with Crippen LogP contribution in [0.4, 0.5) is 0 Å². The van der Waals surface area contributed by atoms with Gasteiger partial charge in [-0.1, -0.05) is 13.8 Å². The van der Waals surface area contributed by atoms with Gasteiger partial charge in [0, 0.05) is 33.4 Å². The molecule has 0 aliphatic carbocycles. The Morgan fingerprint density at radius 2 is 2.00 bits per heavy atom. The number of halogens is 1. The van der Waals surface area contributed by atoms with Crippen molar-refractivity contribution in [1.82, 2.24) is 10.2 Å². The third-order valence-electron chi connectivity index (χ3n) is 3.08. The number of hydrogen-bond acceptors (Lipinski definition) is 3. The van der Waals surface area contributed by atoms with Crippen LogP contribution in [-0.2, 0) is 0 Å². The maximum Gasteiger partial charge on any atom is 0.0387 e. The molecule has 1 rings (SSSR count). The molecule has 17 heavy (non-hydrogen) atoms. The normalized spacial score (nSPS) is 15.5. The number of rotatable bonds is 6. The van der Waals surface area contributed by atoms with E-state index in [1.165, 1.54) is 9.35 Å². The van der Waals surface area contributed by atoms with E-state index in [4.69, 9.17) is 0 Å². The van der Waals surface area contributed by atoms with E-state index in [-0.39, 0.29) is 0 Å². The molecule has 0 amide bonds. The first kappa shape index (κ1) is 15.2. The summed E-state index contributed by atoms with van der Waals surface area (Å²) in [5.41, 5.74) is 0. The van der Waals surface area contributed by atoms with E-state index < -0.39 is 0 Å². The summed E-state index contributed by atoms with van der Waals surface area (Å²) >= 11 is 5.30. The lowest BCUT2D eigenvalue weighted by Gasteiger charge is -2.29. The molecular formula is C13H23BrN2S. The summed E-state index contributed by atoms with van der Waals surface area (Å²) in [7, 11) is 4.30. The van der Waals surface area contributed by atoms with Crippen LogP contribution in [0.25, 0.3) is 0 Å². The predicted molar refractivity (Wildman–Crippen MR) is 80.7 cm³/mol. The molecule has 1 heterocycles. The van der Waals surface area contributed by atoms with Gasteiger partial charge in [-0.15, -0.1) is 11.3 Å². The lowest BCUT2D eigenvalue weighted by atomic mass is 10.0. The van der Waals surface area contributed by atoms with Crippen LogP contribution in [0, 0.1) is 5.92 Å². The van der Waals surface area contributed by atoms with Crippen LogP contribution >= 0.6 is 27.3 Å². The molecule has 0 aliphatic rings. The highest BCUT2D eigenvalue weighted by atomic mass is 79.9. The smallest absolute Gasteiger partial charge is 0.0387 e. The van der Waals surface area contributed by atoms with Gasteiger partial charge in [-0.3, -0.25) is 0 Å². The highest BCUT2D eigenvalue weighted by Crippen LogP contribution is 2.25. The van der Waals surface area contributed by atoms with E-state index in [0.29, 0.717) is 18.0 Å². The summed E-state index contributed by atoms with van der Waals surface area (Å²) in [5.74, 6) is 0.666. The molecular weight excluding hydrogens is 296 g/mol. The molecule has 4 heteroatoms. The van der Waals surface area contributed by atoms with Crippen molar-refractivity contribution in [1.29, 1.82) is 0 Å². The third kappa shape index (κ3) is 4.70. The standard InChI is InChI=1S/C13H23BrN2S/c1-9(2)12(16(4)5)7-15-10(3)13-6-11(14)8-17-13/h6,8-10,12,15H,7H2,1-5H3. The molecule has 0 bridgehead atoms. The Labute approximate surface area is 118 Å². The quantitative estimate of drug-likeness (QED) is 0.859. The van der Waals surface area contributed by atoms with Crippen molar-refractivity contribution < 1.29 is 0 Å². The first-order valence-electron chi connectivity index (χ1n) is 6.05. The van der Waals surface area contributed by atoms with Crippen LogP contribution in [0.5, 0.6) is 0 Å². The van der Waals surface area contributed by atoms with Crippen LogP contribution in [-0.4, -0.2) is 31.6 Å². The Balaban J connectivity index is 2.49. The third-order valence-corrected chi connectivity index (χ3v) is 4.96. The SMILES string of the molecule is CC(NCC(C(C)C)N(C)C)c1cc(Br)cs1. The molecule has 1 N–H and O–H groups in total. The average Bonchev–Trinajstić information content (AvgIpc) is 2.63. The topological polar surface area (TPSA) is 15.3 Å². The molecule has 1 aromatic rings. The number of nitrogens with one attached hydrogen (secondary N) is 1. The van der Waals surface area contributed by atoms with Crippen molar-refractivity contribution in [2.24, 2.45) is 5.92 Å². The van der Waals surface area contributed by atoms with Crippen LogP contribution < -0.4 is 5.32 Å². The fourth-order valence-corrected chi connectivity index (χ4v) is 3.45. The van der Waals surface area contributed by atoms with E-state index in [1.807, 2.05) is 0 Å². The summed E-state index contributed by atoms with van der Waals surface area (Å²) in [4.78, 5) is 3.69. The largest absolute Gasteiger partial charge is 0.308 e. The second kappa shape index (κ2) is 6.88. The Morgan fingerprint density at radius 1 is 1.35 bits per heavy atom. The molecule has 1 aromatic heterocycles. The molecule has 2 unspecified atom stereocenters. The van der Waals surface area contributed by atoms with Crippen LogP contribution in [0.1, 0.15) is 31.7 Å². The summed E-state index contributed by atoms with van der Waals surface area (Å²) < 4.78 is 1.18. The molecule has 0 aromatic carbocycles. The number of nitrogens with zero attached hydrogens (tertiary/aromatic N) is 1. The highest BCUT2D eigenvalue weighted by molar-refractivity contribution is 9.10. The molecule has 0 spiro atoms. The van der Waals surface area contributed by atoms with Gasteiger partial charge in [0.1, 0.15) is 0 Å². The van der Waals surface area contributed by atoms with E-state index in [0.717, 1.165) is 6.54 Å². The van der Waals surface area contributed by atoms with Gasteiger partial charge >= 0.3 is 0 Å². The van der Waals surface area contributed by atoms with Crippen molar-refractivity contribution in [2.75, 3.05) is 20.6 Å². The summed E-state index contributed by atoms with van der Waals surface area (Å²) in [5, 5.41) is 5.76. The van der Waals surface area contributed by atoms with Gasteiger partial charge in [0.25, 0.3) is 0 Å². The minimum Gasteiger partial charge on any atom is -0.308 e. The van der Waals surface area contributed by atoms with Crippen LogP contribution in [0.15, 0.2) is 15.9 Å². The van der Waals surface area contributed by atoms with E-state index in [2.05, 4.69) is 72.5 Å². The van der Waals surface area contributed by atoms with Crippen molar-refractivity contribution in [2.45, 2.75) is 32.9 Å². The Morgan fingerprint density at radius 3 is 2.41 bits per heavy atom. The van der Waals surface area contributed by atoms with Gasteiger partial charge < -0.3 is 10.2 Å². The number of thiophene rings is 1. The zero-order chi connectivity index (χ0) is 13.0. The predicted octanol–water partition coefficient (Wildman–Crippen LogP) is 3.75. The highest BCUT2D eigenvalue weighted by Gasteiger charge is 2.17. The lowest BCUT2D eigenvalue weighted by Crippen LogP contribution is -2.42. The second-order valence-corrected chi connectivity index (χ2v) is 6.93. The molecule has 0 saturated heterocycles. The number of hydrogen-bond donors (Lipinski definition) is 1. The fourth-order valence-electron chi connectivity index (χ4n) is 1.97. The van der Waals surface area contributed by atoms with Crippen molar-refractivity contribution in [3.63, 3.8) is 0 Å². The van der Waals surface area contributed by atoms with E-state index in [1.54, 1.807) is 11.3 Å². The van der Waals surface area contributed by atoms with E-state index >= 15 is 0 Å². The second-order valence-electron chi connectivity index (χ2n) is 5.07. The maximum atomic E-state index is 3.62.